The van der Waals surface area contributed by atoms with E-state index in [0.29, 0.717) is 19.3 Å². The van der Waals surface area contributed by atoms with Gasteiger partial charge in [-0.05, 0) is 37.5 Å². The van der Waals surface area contributed by atoms with E-state index in [1.807, 2.05) is 0 Å². The van der Waals surface area contributed by atoms with Gasteiger partial charge in [-0.2, -0.15) is 0 Å². The Kier molecular flexibility index (Phi) is 29.4. The number of unbranched alkanes of at least 4 members (excludes halogenated alkanes) is 18. The second-order valence-corrected chi connectivity index (χ2v) is 15.7. The Hall–Kier alpha value is -1.77. The van der Waals surface area contributed by atoms with Gasteiger partial charge < -0.3 is 24.8 Å². The fourth-order valence-corrected chi connectivity index (χ4v) is 7.06. The standard InChI is InChI=1S/C43H78O8/c1-4-5-20-26-36(44)30-31-39-38(40(46)32-41(39)47)27-22-18-19-24-29-43(49)51-34-37(45)33-50-42(48)28-23-17-15-13-11-9-7-6-8-10-12-14-16-21-25-35(2)3/h30-31,35-40,44-46H,4-29,32-34H2,1-3H3/b31-30+/t36-,37+,38+,39+,40-/m0/s1. The van der Waals surface area contributed by atoms with Gasteiger partial charge in [-0.25, -0.2) is 0 Å². The highest BCUT2D eigenvalue weighted by Gasteiger charge is 2.39. The van der Waals surface area contributed by atoms with E-state index in [0.717, 1.165) is 70.1 Å². The molecule has 0 radical (unpaired) electrons. The minimum Gasteiger partial charge on any atom is -0.463 e. The third-order valence-electron chi connectivity index (χ3n) is 10.3. The summed E-state index contributed by atoms with van der Waals surface area (Å²) in [4.78, 5) is 36.6. The van der Waals surface area contributed by atoms with E-state index in [1.54, 1.807) is 12.2 Å². The van der Waals surface area contributed by atoms with Crippen LogP contribution >= 0.6 is 0 Å². The smallest absolute Gasteiger partial charge is 0.305 e. The number of aliphatic hydroxyl groups is 3. The molecule has 0 spiro atoms. The van der Waals surface area contributed by atoms with Crippen LogP contribution in [0, 0.1) is 17.8 Å². The van der Waals surface area contributed by atoms with Crippen LogP contribution in [0.25, 0.3) is 0 Å². The van der Waals surface area contributed by atoms with Gasteiger partial charge in [0.05, 0.1) is 12.2 Å². The Morgan fingerprint density at radius 3 is 1.63 bits per heavy atom. The maximum Gasteiger partial charge on any atom is 0.305 e. The van der Waals surface area contributed by atoms with E-state index in [2.05, 4.69) is 20.8 Å². The Morgan fingerprint density at radius 2 is 1.14 bits per heavy atom. The van der Waals surface area contributed by atoms with E-state index in [4.69, 9.17) is 9.47 Å². The summed E-state index contributed by atoms with van der Waals surface area (Å²) in [6.07, 6.45) is 28.9. The first-order valence-corrected chi connectivity index (χ1v) is 21.2. The topological polar surface area (TPSA) is 130 Å². The van der Waals surface area contributed by atoms with Gasteiger partial charge in [-0.15, -0.1) is 0 Å². The van der Waals surface area contributed by atoms with Crippen LogP contribution in [0.15, 0.2) is 12.2 Å². The molecule has 0 heterocycles. The lowest BCUT2D eigenvalue weighted by molar-refractivity contribution is -0.152. The number of allylic oxidation sites excluding steroid dienone is 1. The molecule has 0 aliphatic heterocycles. The van der Waals surface area contributed by atoms with Crippen molar-refractivity contribution in [2.45, 2.75) is 212 Å². The molecule has 3 N–H and O–H groups in total. The molecule has 8 heteroatoms. The van der Waals surface area contributed by atoms with Gasteiger partial charge in [0.1, 0.15) is 25.1 Å². The largest absolute Gasteiger partial charge is 0.463 e. The molecular formula is C43H78O8. The predicted molar refractivity (Wildman–Crippen MR) is 206 cm³/mol. The summed E-state index contributed by atoms with van der Waals surface area (Å²) >= 11 is 0. The van der Waals surface area contributed by atoms with Gasteiger partial charge in [0.25, 0.3) is 0 Å². The molecule has 0 saturated heterocycles. The number of ether oxygens (including phenoxy) is 2. The minimum atomic E-state index is -1.03. The third-order valence-corrected chi connectivity index (χ3v) is 10.3. The number of hydrogen-bond acceptors (Lipinski definition) is 8. The van der Waals surface area contributed by atoms with Gasteiger partial charge in [0.15, 0.2) is 0 Å². The molecule has 1 fully saturated rings. The highest BCUT2D eigenvalue weighted by molar-refractivity contribution is 5.86. The lowest BCUT2D eigenvalue weighted by atomic mass is 9.88. The zero-order valence-corrected chi connectivity index (χ0v) is 33.0. The molecule has 298 valence electrons. The average Bonchev–Trinajstić information content (AvgIpc) is 3.37. The van der Waals surface area contributed by atoms with Crippen LogP contribution in [0.1, 0.15) is 194 Å². The highest BCUT2D eigenvalue weighted by Crippen LogP contribution is 2.34. The average molecular weight is 723 g/mol. The Balaban J connectivity index is 1.97. The number of carbonyl (C=O) groups excluding carboxylic acids is 3. The first-order chi connectivity index (χ1) is 24.6. The van der Waals surface area contributed by atoms with Gasteiger partial charge in [0.2, 0.25) is 0 Å². The van der Waals surface area contributed by atoms with Crippen LogP contribution < -0.4 is 0 Å². The van der Waals surface area contributed by atoms with Crippen molar-refractivity contribution in [1.82, 2.24) is 0 Å². The molecule has 8 nitrogen and oxygen atoms in total. The number of Topliss-reactive ketones (excluding diaryl/α,β-unsaturated/α-hetero) is 1. The highest BCUT2D eigenvalue weighted by atomic mass is 16.6. The Bertz CT molecular complexity index is 902. The first-order valence-electron chi connectivity index (χ1n) is 21.2. The van der Waals surface area contributed by atoms with E-state index >= 15 is 0 Å². The third kappa shape index (κ3) is 26.6. The maximum absolute atomic E-state index is 12.4. The summed E-state index contributed by atoms with van der Waals surface area (Å²) in [5.74, 6) is -0.305. The van der Waals surface area contributed by atoms with Crippen LogP contribution in [0.2, 0.25) is 0 Å². The lowest BCUT2D eigenvalue weighted by Crippen LogP contribution is -2.25. The van der Waals surface area contributed by atoms with Crippen molar-refractivity contribution in [3.8, 4) is 0 Å². The molecular weight excluding hydrogens is 644 g/mol. The zero-order valence-electron chi connectivity index (χ0n) is 33.0. The van der Waals surface area contributed by atoms with Gasteiger partial charge in [-0.3, -0.25) is 14.4 Å². The molecule has 1 aliphatic carbocycles. The SMILES string of the molecule is CCCCC[C@H](O)/C=C/[C@H]1C(=O)C[C@H](O)[C@@H]1CCCCCCC(=O)OC[C@H](O)COC(=O)CCCCCCCCCCCCCCCCC(C)C. The summed E-state index contributed by atoms with van der Waals surface area (Å²) in [7, 11) is 0. The van der Waals surface area contributed by atoms with Crippen molar-refractivity contribution < 1.29 is 39.2 Å². The maximum atomic E-state index is 12.4. The van der Waals surface area contributed by atoms with E-state index in [1.165, 1.54) is 77.0 Å². The molecule has 0 amide bonds. The molecule has 1 aliphatic rings. The Labute approximate surface area is 311 Å². The molecule has 1 saturated carbocycles. The van der Waals surface area contributed by atoms with E-state index in [9.17, 15) is 29.7 Å². The summed E-state index contributed by atoms with van der Waals surface area (Å²) in [5.41, 5.74) is 0. The molecule has 51 heavy (non-hydrogen) atoms. The molecule has 0 unspecified atom stereocenters. The van der Waals surface area contributed by atoms with Crippen molar-refractivity contribution >= 4 is 17.7 Å². The number of hydrogen-bond donors (Lipinski definition) is 3. The van der Waals surface area contributed by atoms with Crippen LogP contribution in [0.3, 0.4) is 0 Å². The van der Waals surface area contributed by atoms with Gasteiger partial charge in [-0.1, -0.05) is 161 Å². The molecule has 0 aromatic carbocycles. The zero-order chi connectivity index (χ0) is 37.5. The Morgan fingerprint density at radius 1 is 0.686 bits per heavy atom. The number of esters is 2. The molecule has 0 bridgehead atoms. The summed E-state index contributed by atoms with van der Waals surface area (Å²) < 4.78 is 10.3. The number of carbonyl (C=O) groups is 3. The fourth-order valence-electron chi connectivity index (χ4n) is 7.06. The summed E-state index contributed by atoms with van der Waals surface area (Å²) in [5, 5.41) is 30.7. The molecule has 0 aromatic rings. The van der Waals surface area contributed by atoms with Crippen molar-refractivity contribution in [2.24, 2.45) is 17.8 Å². The number of aliphatic hydroxyl groups excluding tert-OH is 3. The van der Waals surface area contributed by atoms with Crippen molar-refractivity contribution in [3.63, 3.8) is 0 Å². The first kappa shape index (κ1) is 47.3. The fraction of sp³-hybridized carbons (Fsp3) is 0.884. The minimum absolute atomic E-state index is 0.0365. The van der Waals surface area contributed by atoms with Crippen LogP contribution in [-0.4, -0.2) is 64.6 Å². The second kappa shape index (κ2) is 31.7. The monoisotopic (exact) mass is 723 g/mol. The normalized spacial score (nSPS) is 18.9. The predicted octanol–water partition coefficient (Wildman–Crippen LogP) is 9.74. The number of ketones is 1. The van der Waals surface area contributed by atoms with Gasteiger partial charge >= 0.3 is 11.9 Å². The number of rotatable bonds is 34. The molecule has 5 atom stereocenters. The second-order valence-electron chi connectivity index (χ2n) is 15.7. The summed E-state index contributed by atoms with van der Waals surface area (Å²) in [6.45, 7) is 6.36. The molecule has 1 rings (SSSR count). The van der Waals surface area contributed by atoms with E-state index < -0.39 is 18.3 Å². The quantitative estimate of drug-likeness (QED) is 0.0340. The van der Waals surface area contributed by atoms with Crippen molar-refractivity contribution in [1.29, 1.82) is 0 Å². The van der Waals surface area contributed by atoms with Crippen LogP contribution in [0.4, 0.5) is 0 Å². The van der Waals surface area contributed by atoms with E-state index in [-0.39, 0.29) is 55.6 Å². The van der Waals surface area contributed by atoms with Crippen LogP contribution in [0.5, 0.6) is 0 Å². The van der Waals surface area contributed by atoms with Crippen molar-refractivity contribution in [3.05, 3.63) is 12.2 Å². The molecule has 0 aromatic heterocycles. The lowest BCUT2D eigenvalue weighted by Gasteiger charge is -2.19. The summed E-state index contributed by atoms with van der Waals surface area (Å²) in [6, 6.07) is 0. The van der Waals surface area contributed by atoms with Crippen LogP contribution in [-0.2, 0) is 23.9 Å². The van der Waals surface area contributed by atoms with Crippen molar-refractivity contribution in [2.75, 3.05) is 13.2 Å². The van der Waals surface area contributed by atoms with Gasteiger partial charge in [0, 0.05) is 25.2 Å².